The van der Waals surface area contributed by atoms with Crippen LogP contribution in [0.3, 0.4) is 0 Å². The van der Waals surface area contributed by atoms with Gasteiger partial charge in [-0.2, -0.15) is 0 Å². The number of nitrogens with zero attached hydrogens (tertiary/aromatic N) is 2. The van der Waals surface area contributed by atoms with E-state index in [0.717, 1.165) is 11.4 Å². The molecule has 4 nitrogen and oxygen atoms in total. The zero-order chi connectivity index (χ0) is 15.6. The average Bonchev–Trinajstić information content (AvgIpc) is 2.81. The van der Waals surface area contributed by atoms with Crippen LogP contribution in [0.5, 0.6) is 5.88 Å². The fraction of sp³-hybridized carbons (Fsp3) is 0.500. The molecule has 0 aliphatic rings. The molecule has 5 heteroatoms. The molecule has 2 rings (SSSR count). The largest absolute Gasteiger partial charge is 0.480 e. The molecule has 114 valence electrons. The summed E-state index contributed by atoms with van der Waals surface area (Å²) in [4.78, 5) is 10.2. The molecular weight excluding hydrogens is 282 g/mol. The minimum Gasteiger partial charge on any atom is -0.480 e. The second-order valence-corrected chi connectivity index (χ2v) is 7.18. The van der Waals surface area contributed by atoms with E-state index in [9.17, 15) is 0 Å². The maximum atomic E-state index is 5.29. The number of nitrogens with one attached hydrogen (secondary N) is 1. The van der Waals surface area contributed by atoms with Gasteiger partial charge in [0.1, 0.15) is 0 Å². The highest BCUT2D eigenvalue weighted by Crippen LogP contribution is 2.34. The average molecular weight is 305 g/mol. The molecule has 0 aromatic carbocycles. The second kappa shape index (κ2) is 6.02. The van der Waals surface area contributed by atoms with Crippen molar-refractivity contribution in [2.24, 2.45) is 0 Å². The van der Waals surface area contributed by atoms with E-state index in [0.29, 0.717) is 5.88 Å². The van der Waals surface area contributed by atoms with Gasteiger partial charge in [0.15, 0.2) is 0 Å². The number of hydrogen-bond acceptors (Lipinski definition) is 5. The van der Waals surface area contributed by atoms with Crippen molar-refractivity contribution < 1.29 is 4.74 Å². The van der Waals surface area contributed by atoms with E-state index in [2.05, 4.69) is 44.9 Å². The summed E-state index contributed by atoms with van der Waals surface area (Å²) < 4.78 is 5.29. The van der Waals surface area contributed by atoms with Crippen LogP contribution in [-0.4, -0.2) is 17.1 Å². The zero-order valence-corrected chi connectivity index (χ0v) is 14.3. The van der Waals surface area contributed by atoms with Crippen molar-refractivity contribution in [2.75, 3.05) is 12.4 Å². The van der Waals surface area contributed by atoms with E-state index < -0.39 is 0 Å². The summed E-state index contributed by atoms with van der Waals surface area (Å²) in [6, 6.07) is 4.04. The van der Waals surface area contributed by atoms with E-state index in [1.54, 1.807) is 24.6 Å². The van der Waals surface area contributed by atoms with Gasteiger partial charge in [0.2, 0.25) is 5.88 Å². The Morgan fingerprint density at radius 2 is 2.05 bits per heavy atom. The van der Waals surface area contributed by atoms with E-state index >= 15 is 0 Å². The summed E-state index contributed by atoms with van der Waals surface area (Å²) in [7, 11) is 1.63. The van der Waals surface area contributed by atoms with Crippen molar-refractivity contribution in [3.05, 3.63) is 33.9 Å². The number of aromatic nitrogens is 2. The molecule has 21 heavy (non-hydrogen) atoms. The Balaban J connectivity index is 2.25. The lowest BCUT2D eigenvalue weighted by Crippen LogP contribution is -2.10. The molecule has 0 aliphatic carbocycles. The molecule has 0 spiro atoms. The third kappa shape index (κ3) is 3.53. The first-order valence-electron chi connectivity index (χ1n) is 7.06. The second-order valence-electron chi connectivity index (χ2n) is 6.14. The van der Waals surface area contributed by atoms with Gasteiger partial charge >= 0.3 is 0 Å². The molecular formula is C16H23N3OS. The van der Waals surface area contributed by atoms with Crippen molar-refractivity contribution in [2.45, 2.75) is 46.1 Å². The summed E-state index contributed by atoms with van der Waals surface area (Å²) in [5.74, 6) is 0.613. The predicted octanol–water partition coefficient (Wildman–Crippen LogP) is 4.33. The molecule has 0 fully saturated rings. The molecule has 1 unspecified atom stereocenters. The normalized spacial score (nSPS) is 13.0. The van der Waals surface area contributed by atoms with Crippen LogP contribution in [-0.2, 0) is 5.41 Å². The molecule has 0 bridgehead atoms. The van der Waals surface area contributed by atoms with Gasteiger partial charge in [-0.25, -0.2) is 9.97 Å². The molecule has 0 saturated carbocycles. The van der Waals surface area contributed by atoms with Gasteiger partial charge in [0.05, 0.1) is 29.5 Å². The fourth-order valence-electron chi connectivity index (χ4n) is 2.09. The maximum Gasteiger partial charge on any atom is 0.237 e. The number of hydrogen-bond donors (Lipinski definition) is 1. The van der Waals surface area contributed by atoms with Crippen molar-refractivity contribution in [1.29, 1.82) is 0 Å². The molecule has 0 amide bonds. The predicted molar refractivity (Wildman–Crippen MR) is 88.4 cm³/mol. The third-order valence-corrected chi connectivity index (χ3v) is 4.97. The van der Waals surface area contributed by atoms with Gasteiger partial charge in [-0.1, -0.05) is 20.8 Å². The maximum absolute atomic E-state index is 5.29. The topological polar surface area (TPSA) is 47.0 Å². The van der Waals surface area contributed by atoms with Crippen molar-refractivity contribution in [1.82, 2.24) is 9.97 Å². The highest BCUT2D eigenvalue weighted by atomic mass is 32.1. The van der Waals surface area contributed by atoms with Gasteiger partial charge in [-0.05, 0) is 26.0 Å². The van der Waals surface area contributed by atoms with Crippen LogP contribution < -0.4 is 10.1 Å². The Hall–Kier alpha value is -1.62. The smallest absolute Gasteiger partial charge is 0.237 e. The van der Waals surface area contributed by atoms with Crippen LogP contribution in [0.1, 0.15) is 49.3 Å². The summed E-state index contributed by atoms with van der Waals surface area (Å²) >= 11 is 1.77. The van der Waals surface area contributed by atoms with Crippen LogP contribution in [0.25, 0.3) is 0 Å². The quantitative estimate of drug-likeness (QED) is 0.913. The first-order chi connectivity index (χ1) is 9.82. The summed E-state index contributed by atoms with van der Waals surface area (Å²) in [5, 5.41) is 4.63. The molecule has 2 heterocycles. The fourth-order valence-corrected chi connectivity index (χ4v) is 3.22. The first kappa shape index (κ1) is 15.8. The van der Waals surface area contributed by atoms with Gasteiger partial charge in [0, 0.05) is 16.5 Å². The number of thiazole rings is 1. The minimum absolute atomic E-state index is 0.0827. The van der Waals surface area contributed by atoms with E-state index in [1.807, 2.05) is 12.1 Å². The standard InChI is InChI=1S/C16H23N3OS/c1-10(18-12-8-7-9-17-14(12)20-6)13-11(2)19-15(21-13)16(3,4)5/h7-10,18H,1-6H3. The van der Waals surface area contributed by atoms with Crippen LogP contribution in [0.4, 0.5) is 5.69 Å². The first-order valence-corrected chi connectivity index (χ1v) is 7.88. The Labute approximate surface area is 130 Å². The van der Waals surface area contributed by atoms with Crippen molar-refractivity contribution in [3.63, 3.8) is 0 Å². The van der Waals surface area contributed by atoms with Crippen LogP contribution >= 0.6 is 11.3 Å². The summed E-state index contributed by atoms with van der Waals surface area (Å²) in [6.07, 6.45) is 1.73. The van der Waals surface area contributed by atoms with Gasteiger partial charge in [0.25, 0.3) is 0 Å². The van der Waals surface area contributed by atoms with Crippen molar-refractivity contribution >= 4 is 17.0 Å². The Morgan fingerprint density at radius 1 is 1.33 bits per heavy atom. The molecule has 2 aromatic rings. The lowest BCUT2D eigenvalue weighted by molar-refractivity contribution is 0.399. The highest BCUT2D eigenvalue weighted by Gasteiger charge is 2.22. The van der Waals surface area contributed by atoms with Crippen LogP contribution in [0, 0.1) is 6.92 Å². The van der Waals surface area contributed by atoms with Gasteiger partial charge < -0.3 is 10.1 Å². The third-order valence-electron chi connectivity index (χ3n) is 3.20. The Morgan fingerprint density at radius 3 is 2.62 bits per heavy atom. The highest BCUT2D eigenvalue weighted by molar-refractivity contribution is 7.12. The summed E-state index contributed by atoms with van der Waals surface area (Å²) in [5.41, 5.74) is 2.07. The number of anilines is 1. The minimum atomic E-state index is 0.0827. The monoisotopic (exact) mass is 305 g/mol. The van der Waals surface area contributed by atoms with Crippen molar-refractivity contribution in [3.8, 4) is 5.88 Å². The molecule has 2 aromatic heterocycles. The van der Waals surface area contributed by atoms with Gasteiger partial charge in [-0.15, -0.1) is 11.3 Å². The lowest BCUT2D eigenvalue weighted by Gasteiger charge is -2.16. The molecule has 1 N–H and O–H groups in total. The molecule has 0 radical (unpaired) electrons. The van der Waals surface area contributed by atoms with E-state index in [-0.39, 0.29) is 11.5 Å². The lowest BCUT2D eigenvalue weighted by atomic mass is 9.98. The Bertz CT molecular complexity index is 616. The molecule has 0 aliphatic heterocycles. The SMILES string of the molecule is COc1ncccc1NC(C)c1sc(C(C)(C)C)nc1C. The molecule has 0 saturated heterocycles. The number of rotatable bonds is 4. The summed E-state index contributed by atoms with van der Waals surface area (Å²) in [6.45, 7) is 10.8. The van der Waals surface area contributed by atoms with Crippen LogP contribution in [0.2, 0.25) is 0 Å². The van der Waals surface area contributed by atoms with E-state index in [1.165, 1.54) is 9.88 Å². The van der Waals surface area contributed by atoms with Crippen LogP contribution in [0.15, 0.2) is 18.3 Å². The zero-order valence-electron chi connectivity index (χ0n) is 13.5. The number of aryl methyl sites for hydroxylation is 1. The van der Waals surface area contributed by atoms with E-state index in [4.69, 9.17) is 9.72 Å². The number of ether oxygens (including phenoxy) is 1. The number of pyridine rings is 1. The number of methoxy groups -OCH3 is 1. The Kier molecular flexibility index (Phi) is 4.52. The molecule has 1 atom stereocenters. The van der Waals surface area contributed by atoms with Gasteiger partial charge in [-0.3, -0.25) is 0 Å².